The third-order valence-electron chi connectivity index (χ3n) is 3.51. The van der Waals surface area contributed by atoms with Gasteiger partial charge in [0.1, 0.15) is 12.1 Å². The molecule has 0 saturated carbocycles. The lowest BCUT2D eigenvalue weighted by Crippen LogP contribution is -2.54. The van der Waals surface area contributed by atoms with E-state index in [-0.39, 0.29) is 19.4 Å². The van der Waals surface area contributed by atoms with E-state index in [1.807, 2.05) is 0 Å². The topological polar surface area (TPSA) is 147 Å². The summed E-state index contributed by atoms with van der Waals surface area (Å²) in [4.78, 5) is 34.0. The van der Waals surface area contributed by atoms with E-state index < -0.39 is 36.1 Å². The van der Waals surface area contributed by atoms with E-state index in [9.17, 15) is 14.4 Å². The summed E-state index contributed by atoms with van der Waals surface area (Å²) in [7, 11) is 0. The first-order valence-electron chi connectivity index (χ1n) is 6.67. The van der Waals surface area contributed by atoms with Crippen molar-refractivity contribution in [2.75, 3.05) is 19.6 Å². The fraction of sp³-hybridized carbons (Fsp3) is 0.750. The molecular formula is C12H20N2O7. The molecule has 9 nitrogen and oxygen atoms in total. The summed E-state index contributed by atoms with van der Waals surface area (Å²) in [5.74, 6) is -3.36. The molecule has 1 aliphatic rings. The van der Waals surface area contributed by atoms with Gasteiger partial charge in [-0.1, -0.05) is 0 Å². The molecule has 21 heavy (non-hydrogen) atoms. The Hall–Kier alpha value is -1.71. The van der Waals surface area contributed by atoms with E-state index in [1.54, 1.807) is 4.90 Å². The number of likely N-dealkylation sites (tertiary alicyclic amines) is 1. The normalized spacial score (nSPS) is 21.3. The van der Waals surface area contributed by atoms with Gasteiger partial charge >= 0.3 is 17.9 Å². The molecule has 1 fully saturated rings. The molecule has 0 aliphatic carbocycles. The van der Waals surface area contributed by atoms with Gasteiger partial charge in [-0.2, -0.15) is 0 Å². The lowest BCUT2D eigenvalue weighted by atomic mass is 10.0. The average molecular weight is 304 g/mol. The van der Waals surface area contributed by atoms with Crippen LogP contribution in [0.3, 0.4) is 0 Å². The maximum Gasteiger partial charge on any atom is 0.332 e. The molecule has 5 N–H and O–H groups in total. The molecule has 0 amide bonds. The minimum absolute atomic E-state index is 0.0484. The lowest BCUT2D eigenvalue weighted by Gasteiger charge is -2.38. The van der Waals surface area contributed by atoms with Crippen LogP contribution in [-0.4, -0.2) is 81.1 Å². The quantitative estimate of drug-likeness (QED) is 0.322. The number of carboxylic acid groups (broad SMARTS) is 3. The summed E-state index contributed by atoms with van der Waals surface area (Å²) in [6.45, 7) is 1.01. The number of aliphatic hydroxyl groups is 1. The maximum absolute atomic E-state index is 11.1. The Morgan fingerprint density at radius 3 is 2.24 bits per heavy atom. The molecule has 2 unspecified atom stereocenters. The van der Waals surface area contributed by atoms with E-state index in [0.717, 1.165) is 0 Å². The van der Waals surface area contributed by atoms with Crippen molar-refractivity contribution in [1.82, 2.24) is 10.2 Å². The molecule has 1 aliphatic heterocycles. The second-order valence-electron chi connectivity index (χ2n) is 4.96. The van der Waals surface area contributed by atoms with Gasteiger partial charge in [0.05, 0.1) is 0 Å². The van der Waals surface area contributed by atoms with Gasteiger partial charge in [-0.15, -0.1) is 0 Å². The number of rotatable bonds is 10. The Labute approximate surface area is 121 Å². The first-order valence-corrected chi connectivity index (χ1v) is 6.67. The van der Waals surface area contributed by atoms with Crippen molar-refractivity contribution in [3.8, 4) is 0 Å². The van der Waals surface area contributed by atoms with Crippen molar-refractivity contribution in [3.05, 3.63) is 0 Å². The Kier molecular flexibility index (Phi) is 6.53. The van der Waals surface area contributed by atoms with E-state index in [2.05, 4.69) is 5.32 Å². The summed E-state index contributed by atoms with van der Waals surface area (Å²) < 4.78 is 0. The zero-order valence-electron chi connectivity index (χ0n) is 11.4. The van der Waals surface area contributed by atoms with Gasteiger partial charge in [0.25, 0.3) is 0 Å². The van der Waals surface area contributed by atoms with Crippen LogP contribution in [0.15, 0.2) is 0 Å². The van der Waals surface area contributed by atoms with E-state index in [4.69, 9.17) is 20.4 Å². The molecule has 0 aromatic rings. The number of aliphatic hydroxyl groups excluding tert-OH is 1. The van der Waals surface area contributed by atoms with Gasteiger partial charge in [0, 0.05) is 13.1 Å². The molecule has 0 bridgehead atoms. The molecule has 1 saturated heterocycles. The smallest absolute Gasteiger partial charge is 0.332 e. The van der Waals surface area contributed by atoms with Crippen molar-refractivity contribution in [3.63, 3.8) is 0 Å². The SMILES string of the molecule is O=C(O)C(O)CCNC(CCN1CC[C@H]1C(=O)O)C(=O)O. The number of nitrogens with one attached hydrogen (secondary N) is 1. The van der Waals surface area contributed by atoms with E-state index in [1.165, 1.54) is 0 Å². The molecule has 0 aromatic carbocycles. The average Bonchev–Trinajstić information content (AvgIpc) is 2.34. The molecule has 3 atom stereocenters. The number of hydrogen-bond acceptors (Lipinski definition) is 6. The highest BCUT2D eigenvalue weighted by atomic mass is 16.4. The van der Waals surface area contributed by atoms with Crippen LogP contribution >= 0.6 is 0 Å². The van der Waals surface area contributed by atoms with Gasteiger partial charge in [-0.05, 0) is 25.8 Å². The van der Waals surface area contributed by atoms with Crippen LogP contribution < -0.4 is 5.32 Å². The van der Waals surface area contributed by atoms with Gasteiger partial charge in [-0.25, -0.2) is 4.79 Å². The maximum atomic E-state index is 11.1. The van der Waals surface area contributed by atoms with Crippen LogP contribution in [-0.2, 0) is 14.4 Å². The molecule has 120 valence electrons. The first-order chi connectivity index (χ1) is 9.82. The van der Waals surface area contributed by atoms with Crippen LogP contribution in [0.1, 0.15) is 19.3 Å². The van der Waals surface area contributed by atoms with Crippen LogP contribution in [0.5, 0.6) is 0 Å². The van der Waals surface area contributed by atoms with Gasteiger partial charge in [0.2, 0.25) is 0 Å². The molecule has 9 heteroatoms. The Balaban J connectivity index is 2.32. The highest BCUT2D eigenvalue weighted by Crippen LogP contribution is 2.17. The van der Waals surface area contributed by atoms with Gasteiger partial charge in [-0.3, -0.25) is 14.5 Å². The second kappa shape index (κ2) is 7.91. The highest BCUT2D eigenvalue weighted by molar-refractivity contribution is 5.75. The Morgan fingerprint density at radius 2 is 1.81 bits per heavy atom. The summed E-state index contributed by atoms with van der Waals surface area (Å²) in [5.41, 5.74) is 0. The van der Waals surface area contributed by atoms with E-state index in [0.29, 0.717) is 19.5 Å². The number of carboxylic acids is 3. The Morgan fingerprint density at radius 1 is 1.14 bits per heavy atom. The first kappa shape index (κ1) is 17.3. The zero-order chi connectivity index (χ0) is 16.0. The van der Waals surface area contributed by atoms with Crippen LogP contribution in [0, 0.1) is 0 Å². The molecular weight excluding hydrogens is 284 g/mol. The number of nitrogens with zero attached hydrogens (tertiary/aromatic N) is 1. The highest BCUT2D eigenvalue weighted by Gasteiger charge is 2.34. The largest absolute Gasteiger partial charge is 0.480 e. The van der Waals surface area contributed by atoms with Crippen molar-refractivity contribution in [1.29, 1.82) is 0 Å². The third-order valence-corrected chi connectivity index (χ3v) is 3.51. The molecule has 0 radical (unpaired) electrons. The van der Waals surface area contributed by atoms with Crippen molar-refractivity contribution in [2.45, 2.75) is 37.5 Å². The number of aliphatic carboxylic acids is 3. The summed E-state index contributed by atoms with van der Waals surface area (Å²) in [6.07, 6.45) is -0.854. The zero-order valence-corrected chi connectivity index (χ0v) is 11.4. The fourth-order valence-corrected chi connectivity index (χ4v) is 2.11. The fourth-order valence-electron chi connectivity index (χ4n) is 2.11. The third kappa shape index (κ3) is 5.29. The summed E-state index contributed by atoms with van der Waals surface area (Å²) >= 11 is 0. The monoisotopic (exact) mass is 304 g/mol. The predicted molar refractivity (Wildman–Crippen MR) is 69.9 cm³/mol. The van der Waals surface area contributed by atoms with Crippen LogP contribution in [0.2, 0.25) is 0 Å². The Bertz CT molecular complexity index is 401. The number of hydrogen-bond donors (Lipinski definition) is 5. The minimum atomic E-state index is -1.53. The van der Waals surface area contributed by atoms with Gasteiger partial charge in [0.15, 0.2) is 6.10 Å². The standard InChI is InChI=1S/C12H20N2O7/c15-9(12(20)21)1-4-13-7(10(16)17)2-5-14-6-3-8(14)11(18)19/h7-9,13,15H,1-6H2,(H,16,17)(H,18,19)(H,20,21)/t7?,8-,9?/m0/s1. The van der Waals surface area contributed by atoms with E-state index >= 15 is 0 Å². The molecule has 1 rings (SSSR count). The predicted octanol–water partition coefficient (Wildman–Crippen LogP) is -1.59. The second-order valence-corrected chi connectivity index (χ2v) is 4.96. The lowest BCUT2D eigenvalue weighted by molar-refractivity contribution is -0.148. The molecule has 1 heterocycles. The summed E-state index contributed by atoms with van der Waals surface area (Å²) in [6, 6.07) is -1.45. The summed E-state index contributed by atoms with van der Waals surface area (Å²) in [5, 5.41) is 38.2. The van der Waals surface area contributed by atoms with Crippen molar-refractivity contribution < 1.29 is 34.8 Å². The van der Waals surface area contributed by atoms with Crippen LogP contribution in [0.4, 0.5) is 0 Å². The van der Waals surface area contributed by atoms with Crippen molar-refractivity contribution in [2.24, 2.45) is 0 Å². The number of carbonyl (C=O) groups is 3. The molecule has 0 spiro atoms. The van der Waals surface area contributed by atoms with Gasteiger partial charge < -0.3 is 25.7 Å². The van der Waals surface area contributed by atoms with Crippen molar-refractivity contribution >= 4 is 17.9 Å². The molecule has 0 aromatic heterocycles. The minimum Gasteiger partial charge on any atom is -0.480 e. The van der Waals surface area contributed by atoms with Crippen LogP contribution in [0.25, 0.3) is 0 Å².